The molecule has 0 bridgehead atoms. The number of rotatable bonds is 4. The fourth-order valence-electron chi connectivity index (χ4n) is 0.984. The summed E-state index contributed by atoms with van der Waals surface area (Å²) in [6.45, 7) is 2.04. The molecule has 0 aromatic heterocycles. The minimum absolute atomic E-state index is 0.125. The van der Waals surface area contributed by atoms with Gasteiger partial charge in [0.2, 0.25) is 0 Å². The number of thioether (sulfide) groups is 1. The first-order valence-corrected chi connectivity index (χ1v) is 5.44. The van der Waals surface area contributed by atoms with Crippen LogP contribution in [0, 0.1) is 5.82 Å². The van der Waals surface area contributed by atoms with E-state index in [1.54, 1.807) is 17.8 Å². The molecule has 1 rings (SSSR count). The number of benzene rings is 1. The first kappa shape index (κ1) is 11.3. The molecular weight excluding hydrogens is 201 g/mol. The van der Waals surface area contributed by atoms with E-state index in [0.29, 0.717) is 11.4 Å². The van der Waals surface area contributed by atoms with Crippen LogP contribution in [0.15, 0.2) is 18.2 Å². The second kappa shape index (κ2) is 5.22. The van der Waals surface area contributed by atoms with Crippen LogP contribution in [0.4, 0.5) is 10.1 Å². The van der Waals surface area contributed by atoms with Gasteiger partial charge in [-0.15, -0.1) is 0 Å². The van der Waals surface area contributed by atoms with E-state index in [4.69, 9.17) is 10.8 Å². The smallest absolute Gasteiger partial charge is 0.123 e. The highest BCUT2D eigenvalue weighted by molar-refractivity contribution is 7.99. The molecule has 14 heavy (non-hydrogen) atoms. The third kappa shape index (κ3) is 3.20. The summed E-state index contributed by atoms with van der Waals surface area (Å²) in [5.41, 5.74) is 7.06. The van der Waals surface area contributed by atoms with E-state index >= 15 is 0 Å². The topological polar surface area (TPSA) is 46.2 Å². The van der Waals surface area contributed by atoms with Crippen molar-refractivity contribution < 1.29 is 9.50 Å². The van der Waals surface area contributed by atoms with E-state index in [1.165, 1.54) is 12.1 Å². The Labute approximate surface area is 87.3 Å². The highest BCUT2D eigenvalue weighted by Crippen LogP contribution is 2.22. The Hall–Kier alpha value is -0.740. The van der Waals surface area contributed by atoms with Gasteiger partial charge in [0.15, 0.2) is 0 Å². The van der Waals surface area contributed by atoms with E-state index in [0.717, 1.165) is 5.56 Å². The molecule has 0 heterocycles. The summed E-state index contributed by atoms with van der Waals surface area (Å²) in [6.07, 6.45) is 0. The van der Waals surface area contributed by atoms with E-state index < -0.39 is 0 Å². The third-order valence-electron chi connectivity index (χ3n) is 1.89. The van der Waals surface area contributed by atoms with Gasteiger partial charge in [-0.05, 0) is 23.8 Å². The van der Waals surface area contributed by atoms with Gasteiger partial charge < -0.3 is 10.8 Å². The summed E-state index contributed by atoms with van der Waals surface area (Å²) in [7, 11) is 0. The molecule has 78 valence electrons. The molecule has 1 unspecified atom stereocenters. The Bertz CT molecular complexity index is 306. The normalized spacial score (nSPS) is 12.8. The number of nitrogen functional groups attached to an aromatic ring is 1. The maximum Gasteiger partial charge on any atom is 0.123 e. The average molecular weight is 215 g/mol. The third-order valence-corrected chi connectivity index (χ3v) is 3.08. The van der Waals surface area contributed by atoms with Crippen molar-refractivity contribution in [1.82, 2.24) is 0 Å². The van der Waals surface area contributed by atoms with E-state index in [1.807, 2.05) is 6.92 Å². The van der Waals surface area contributed by atoms with Crippen molar-refractivity contribution in [1.29, 1.82) is 0 Å². The largest absolute Gasteiger partial charge is 0.398 e. The summed E-state index contributed by atoms with van der Waals surface area (Å²) < 4.78 is 12.8. The molecule has 1 aromatic rings. The summed E-state index contributed by atoms with van der Waals surface area (Å²) in [5.74, 6) is 0.358. The summed E-state index contributed by atoms with van der Waals surface area (Å²) >= 11 is 1.56. The zero-order chi connectivity index (χ0) is 10.6. The standard InChI is InChI=1S/C10H14FNOS/c1-7(5-13)14-6-8-4-9(11)2-3-10(8)12/h2-4,7,13H,5-6,12H2,1H3. The molecule has 0 aliphatic carbocycles. The summed E-state index contributed by atoms with van der Waals surface area (Å²) in [4.78, 5) is 0. The molecule has 0 radical (unpaired) electrons. The maximum absolute atomic E-state index is 12.8. The zero-order valence-corrected chi connectivity index (χ0v) is 8.85. The van der Waals surface area contributed by atoms with Crippen LogP contribution in [0.1, 0.15) is 12.5 Å². The number of aliphatic hydroxyl groups excluding tert-OH is 1. The molecule has 0 saturated carbocycles. The quantitative estimate of drug-likeness (QED) is 0.755. The Morgan fingerprint density at radius 1 is 1.57 bits per heavy atom. The van der Waals surface area contributed by atoms with Crippen LogP contribution >= 0.6 is 11.8 Å². The minimum atomic E-state index is -0.272. The average Bonchev–Trinajstić information content (AvgIpc) is 2.19. The zero-order valence-electron chi connectivity index (χ0n) is 8.03. The molecule has 0 spiro atoms. The number of hydrogen-bond donors (Lipinski definition) is 2. The van der Waals surface area contributed by atoms with E-state index in [2.05, 4.69) is 0 Å². The van der Waals surface area contributed by atoms with Crippen LogP contribution in [0.5, 0.6) is 0 Å². The molecule has 0 saturated heterocycles. The summed E-state index contributed by atoms with van der Waals surface area (Å²) in [6, 6.07) is 4.35. The maximum atomic E-state index is 12.8. The molecule has 0 fully saturated rings. The molecule has 1 atom stereocenters. The second-order valence-electron chi connectivity index (χ2n) is 3.15. The Balaban J connectivity index is 2.62. The lowest BCUT2D eigenvalue weighted by Gasteiger charge is -2.09. The van der Waals surface area contributed by atoms with Crippen LogP contribution in [0.3, 0.4) is 0 Å². The van der Waals surface area contributed by atoms with Crippen LogP contribution in [0.25, 0.3) is 0 Å². The van der Waals surface area contributed by atoms with Crippen LogP contribution in [-0.4, -0.2) is 17.0 Å². The van der Waals surface area contributed by atoms with Crippen molar-refractivity contribution in [3.63, 3.8) is 0 Å². The van der Waals surface area contributed by atoms with Crippen LogP contribution < -0.4 is 5.73 Å². The van der Waals surface area contributed by atoms with Crippen molar-refractivity contribution in [2.45, 2.75) is 17.9 Å². The van der Waals surface area contributed by atoms with Gasteiger partial charge >= 0.3 is 0 Å². The summed E-state index contributed by atoms with van der Waals surface area (Å²) in [5, 5.41) is 8.96. The number of nitrogens with two attached hydrogens (primary N) is 1. The molecule has 0 aliphatic rings. The number of aliphatic hydroxyl groups is 1. The highest BCUT2D eigenvalue weighted by atomic mass is 32.2. The molecule has 1 aromatic carbocycles. The molecular formula is C10H14FNOS. The molecule has 0 amide bonds. The van der Waals surface area contributed by atoms with Crippen molar-refractivity contribution >= 4 is 17.4 Å². The number of anilines is 1. The van der Waals surface area contributed by atoms with Crippen molar-refractivity contribution in [3.05, 3.63) is 29.6 Å². The molecule has 0 aliphatic heterocycles. The highest BCUT2D eigenvalue weighted by Gasteiger charge is 2.04. The second-order valence-corrected chi connectivity index (χ2v) is 4.57. The van der Waals surface area contributed by atoms with Gasteiger partial charge in [-0.25, -0.2) is 4.39 Å². The fraction of sp³-hybridized carbons (Fsp3) is 0.400. The first-order valence-electron chi connectivity index (χ1n) is 4.40. The van der Waals surface area contributed by atoms with Gasteiger partial charge in [0.1, 0.15) is 5.82 Å². The Morgan fingerprint density at radius 3 is 2.93 bits per heavy atom. The lowest BCUT2D eigenvalue weighted by molar-refractivity contribution is 0.300. The van der Waals surface area contributed by atoms with Crippen LogP contribution in [0.2, 0.25) is 0 Å². The van der Waals surface area contributed by atoms with Gasteiger partial charge in [-0.1, -0.05) is 6.92 Å². The number of halogens is 1. The van der Waals surface area contributed by atoms with Gasteiger partial charge in [-0.2, -0.15) is 11.8 Å². The minimum Gasteiger partial charge on any atom is -0.398 e. The lowest BCUT2D eigenvalue weighted by Crippen LogP contribution is -2.03. The lowest BCUT2D eigenvalue weighted by atomic mass is 10.2. The molecule has 3 N–H and O–H groups in total. The molecule has 4 heteroatoms. The van der Waals surface area contributed by atoms with Crippen LogP contribution in [-0.2, 0) is 5.75 Å². The fourth-order valence-corrected chi connectivity index (χ4v) is 1.80. The van der Waals surface area contributed by atoms with Gasteiger partial charge in [0.25, 0.3) is 0 Å². The van der Waals surface area contributed by atoms with Crippen molar-refractivity contribution in [3.8, 4) is 0 Å². The first-order chi connectivity index (χ1) is 6.63. The molecule has 2 nitrogen and oxygen atoms in total. The van der Waals surface area contributed by atoms with Crippen molar-refractivity contribution in [2.24, 2.45) is 0 Å². The Morgan fingerprint density at radius 2 is 2.29 bits per heavy atom. The van der Waals surface area contributed by atoms with Gasteiger partial charge in [0, 0.05) is 16.7 Å². The monoisotopic (exact) mass is 215 g/mol. The van der Waals surface area contributed by atoms with Crippen molar-refractivity contribution in [2.75, 3.05) is 12.3 Å². The van der Waals surface area contributed by atoms with E-state index in [-0.39, 0.29) is 17.7 Å². The predicted molar refractivity (Wildman–Crippen MR) is 58.7 cm³/mol. The van der Waals surface area contributed by atoms with Gasteiger partial charge in [0.05, 0.1) is 6.61 Å². The SMILES string of the molecule is CC(CO)SCc1cc(F)ccc1N. The van der Waals surface area contributed by atoms with Gasteiger partial charge in [-0.3, -0.25) is 0 Å². The predicted octanol–water partition coefficient (Wildman–Crippen LogP) is 2.02. The van der Waals surface area contributed by atoms with E-state index in [9.17, 15) is 4.39 Å². The Kier molecular flexibility index (Phi) is 4.22. The number of hydrogen-bond acceptors (Lipinski definition) is 3.